The number of carboxylic acid groups (broad SMARTS) is 1. The second-order valence-corrected chi connectivity index (χ2v) is 9.34. The van der Waals surface area contributed by atoms with Crippen LogP contribution in [0.3, 0.4) is 0 Å². The Bertz CT molecular complexity index is 985. The smallest absolute Gasteiger partial charge is 0.323 e. The maximum Gasteiger partial charge on any atom is 0.323 e. The van der Waals surface area contributed by atoms with E-state index in [1.807, 2.05) is 61.2 Å². The lowest BCUT2D eigenvalue weighted by atomic mass is 9.92. The first-order valence-corrected chi connectivity index (χ1v) is 11.5. The first-order valence-electron chi connectivity index (χ1n) is 11.5. The molecule has 0 saturated carbocycles. The van der Waals surface area contributed by atoms with Crippen LogP contribution in [0, 0.1) is 6.92 Å². The van der Waals surface area contributed by atoms with Crippen molar-refractivity contribution in [2.24, 2.45) is 0 Å². The van der Waals surface area contributed by atoms with Gasteiger partial charge in [0.2, 0.25) is 0 Å². The van der Waals surface area contributed by atoms with E-state index in [1.54, 1.807) is 13.8 Å². The van der Waals surface area contributed by atoms with Crippen molar-refractivity contribution in [1.82, 2.24) is 0 Å². The fraction of sp³-hybridized carbons (Fsp3) is 0.462. The molecule has 178 valence electrons. The summed E-state index contributed by atoms with van der Waals surface area (Å²) in [5.74, 6) is -1.04. The molecule has 2 amide bonds. The van der Waals surface area contributed by atoms with E-state index < -0.39 is 17.7 Å². The molecule has 0 radical (unpaired) electrons. The zero-order chi connectivity index (χ0) is 24.2. The fourth-order valence-electron chi connectivity index (χ4n) is 4.56. The van der Waals surface area contributed by atoms with E-state index in [0.717, 1.165) is 29.7 Å². The number of urea groups is 1. The number of alkyl halides is 1. The maximum atomic E-state index is 14.9. The van der Waals surface area contributed by atoms with Gasteiger partial charge in [-0.3, -0.25) is 4.79 Å². The van der Waals surface area contributed by atoms with Crippen molar-refractivity contribution < 1.29 is 19.1 Å². The molecule has 0 bridgehead atoms. The van der Waals surface area contributed by atoms with Crippen LogP contribution < -0.4 is 15.5 Å². The summed E-state index contributed by atoms with van der Waals surface area (Å²) in [6.07, 6.45) is 2.27. The standard InChI is InChI=1S/C26H34FN3O3/c1-5-18(16-24(31)32)19-10-13-22(30-14-6-7-23(30)26(3,4)27)21(15-19)29-25(33)28-20-11-8-17(2)9-12-20/h8-13,15,18,23H,5-7,14,16H2,1-4H3,(H,31,32)(H2,28,29,33)/t18?,23-/m0/s1. The first-order chi connectivity index (χ1) is 15.6. The van der Waals surface area contributed by atoms with E-state index in [4.69, 9.17) is 0 Å². The zero-order valence-electron chi connectivity index (χ0n) is 19.8. The van der Waals surface area contributed by atoms with Gasteiger partial charge in [-0.2, -0.15) is 0 Å². The molecule has 1 fully saturated rings. The summed E-state index contributed by atoms with van der Waals surface area (Å²) in [5.41, 5.74) is 2.50. The summed E-state index contributed by atoms with van der Waals surface area (Å²) in [6, 6.07) is 12.4. The molecule has 0 aliphatic carbocycles. The Morgan fingerprint density at radius 3 is 2.48 bits per heavy atom. The van der Waals surface area contributed by atoms with Crippen molar-refractivity contribution in [3.05, 3.63) is 53.6 Å². The minimum absolute atomic E-state index is 0.00863. The molecule has 2 aromatic carbocycles. The SMILES string of the molecule is CCC(CC(=O)O)c1ccc(N2CCC[C@H]2C(C)(C)F)c(NC(=O)Nc2ccc(C)cc2)c1. The van der Waals surface area contributed by atoms with Crippen LogP contribution in [0.2, 0.25) is 0 Å². The molecule has 1 heterocycles. The first kappa shape index (κ1) is 24.6. The van der Waals surface area contributed by atoms with E-state index in [1.165, 1.54) is 0 Å². The van der Waals surface area contributed by atoms with Crippen LogP contribution in [0.15, 0.2) is 42.5 Å². The molecule has 1 saturated heterocycles. The lowest BCUT2D eigenvalue weighted by Gasteiger charge is -2.35. The number of carbonyl (C=O) groups is 2. The number of aryl methyl sites for hydroxylation is 1. The van der Waals surface area contributed by atoms with Gasteiger partial charge in [0.15, 0.2) is 0 Å². The predicted molar refractivity (Wildman–Crippen MR) is 131 cm³/mol. The molecule has 0 spiro atoms. The summed E-state index contributed by atoms with van der Waals surface area (Å²) < 4.78 is 14.9. The number of carboxylic acids is 1. The highest BCUT2D eigenvalue weighted by Gasteiger charge is 2.38. The number of aliphatic carboxylic acids is 1. The van der Waals surface area contributed by atoms with Crippen LogP contribution >= 0.6 is 0 Å². The molecule has 2 atom stereocenters. The lowest BCUT2D eigenvalue weighted by molar-refractivity contribution is -0.137. The van der Waals surface area contributed by atoms with Crippen LogP contribution in [0.4, 0.5) is 26.2 Å². The molecular formula is C26H34FN3O3. The number of rotatable bonds is 8. The highest BCUT2D eigenvalue weighted by molar-refractivity contribution is 6.02. The van der Waals surface area contributed by atoms with E-state index in [9.17, 15) is 19.1 Å². The molecule has 7 heteroatoms. The number of amides is 2. The van der Waals surface area contributed by atoms with Crippen molar-refractivity contribution >= 4 is 29.1 Å². The van der Waals surface area contributed by atoms with E-state index in [2.05, 4.69) is 10.6 Å². The van der Waals surface area contributed by atoms with Crippen LogP contribution in [0.1, 0.15) is 63.5 Å². The number of hydrogen-bond donors (Lipinski definition) is 3. The van der Waals surface area contributed by atoms with Gasteiger partial charge in [0.05, 0.1) is 23.8 Å². The van der Waals surface area contributed by atoms with Gasteiger partial charge in [-0.15, -0.1) is 0 Å². The predicted octanol–water partition coefficient (Wildman–Crippen LogP) is 6.32. The van der Waals surface area contributed by atoms with E-state index >= 15 is 0 Å². The van der Waals surface area contributed by atoms with Crippen LogP contribution in [-0.2, 0) is 4.79 Å². The van der Waals surface area contributed by atoms with Gasteiger partial charge in [-0.1, -0.05) is 30.7 Å². The zero-order valence-corrected chi connectivity index (χ0v) is 19.8. The highest BCUT2D eigenvalue weighted by Crippen LogP contribution is 2.39. The Balaban J connectivity index is 1.94. The Morgan fingerprint density at radius 1 is 1.18 bits per heavy atom. The Morgan fingerprint density at radius 2 is 1.88 bits per heavy atom. The van der Waals surface area contributed by atoms with Gasteiger partial charge in [0.25, 0.3) is 0 Å². The van der Waals surface area contributed by atoms with Gasteiger partial charge in [-0.05, 0) is 75.8 Å². The topological polar surface area (TPSA) is 81.7 Å². The van der Waals surface area contributed by atoms with Gasteiger partial charge in [0.1, 0.15) is 5.67 Å². The lowest BCUT2D eigenvalue weighted by Crippen LogP contribution is -2.43. The third-order valence-corrected chi connectivity index (χ3v) is 6.32. The fourth-order valence-corrected chi connectivity index (χ4v) is 4.56. The van der Waals surface area contributed by atoms with Crippen molar-refractivity contribution in [1.29, 1.82) is 0 Å². The Kier molecular flexibility index (Phi) is 7.61. The number of hydrogen-bond acceptors (Lipinski definition) is 3. The summed E-state index contributed by atoms with van der Waals surface area (Å²) >= 11 is 0. The highest BCUT2D eigenvalue weighted by atomic mass is 19.1. The van der Waals surface area contributed by atoms with E-state index in [-0.39, 0.29) is 18.4 Å². The normalized spacial score (nSPS) is 17.0. The summed E-state index contributed by atoms with van der Waals surface area (Å²) in [5, 5.41) is 15.1. The number of nitrogens with zero attached hydrogens (tertiary/aromatic N) is 1. The summed E-state index contributed by atoms with van der Waals surface area (Å²) in [7, 11) is 0. The van der Waals surface area contributed by atoms with Crippen molar-refractivity contribution in [2.75, 3.05) is 22.1 Å². The quantitative estimate of drug-likeness (QED) is 0.435. The van der Waals surface area contributed by atoms with Crippen LogP contribution in [0.5, 0.6) is 0 Å². The Labute approximate surface area is 195 Å². The van der Waals surface area contributed by atoms with E-state index in [0.29, 0.717) is 24.3 Å². The van der Waals surface area contributed by atoms with Crippen LogP contribution in [-0.4, -0.2) is 35.4 Å². The monoisotopic (exact) mass is 455 g/mol. The maximum absolute atomic E-state index is 14.9. The second-order valence-electron chi connectivity index (χ2n) is 9.34. The van der Waals surface area contributed by atoms with Crippen molar-refractivity contribution in [2.45, 2.75) is 71.0 Å². The number of benzene rings is 2. The largest absolute Gasteiger partial charge is 0.481 e. The number of halogens is 1. The number of carbonyl (C=O) groups excluding carboxylic acids is 1. The molecule has 1 aliphatic heterocycles. The van der Waals surface area contributed by atoms with Crippen LogP contribution in [0.25, 0.3) is 0 Å². The molecule has 6 nitrogen and oxygen atoms in total. The van der Waals surface area contributed by atoms with Crippen molar-refractivity contribution in [3.63, 3.8) is 0 Å². The van der Waals surface area contributed by atoms with Gasteiger partial charge >= 0.3 is 12.0 Å². The number of anilines is 3. The van der Waals surface area contributed by atoms with Gasteiger partial charge < -0.3 is 20.6 Å². The minimum Gasteiger partial charge on any atom is -0.481 e. The van der Waals surface area contributed by atoms with Gasteiger partial charge in [0, 0.05) is 12.2 Å². The molecule has 1 unspecified atom stereocenters. The van der Waals surface area contributed by atoms with Gasteiger partial charge in [-0.25, -0.2) is 9.18 Å². The average Bonchev–Trinajstić information content (AvgIpc) is 3.24. The minimum atomic E-state index is -1.40. The average molecular weight is 456 g/mol. The molecule has 2 aromatic rings. The molecule has 1 aliphatic rings. The molecule has 0 aromatic heterocycles. The van der Waals surface area contributed by atoms with Crippen molar-refractivity contribution in [3.8, 4) is 0 Å². The molecule has 3 rings (SSSR count). The third kappa shape index (κ3) is 6.24. The Hall–Kier alpha value is -3.09. The summed E-state index contributed by atoms with van der Waals surface area (Å²) in [6.45, 7) is 7.78. The molecule has 3 N–H and O–H groups in total. The third-order valence-electron chi connectivity index (χ3n) is 6.32. The molecule has 33 heavy (non-hydrogen) atoms. The second kappa shape index (κ2) is 10.2. The number of nitrogens with one attached hydrogen (secondary N) is 2. The summed E-state index contributed by atoms with van der Waals surface area (Å²) in [4.78, 5) is 26.2. The molecular weight excluding hydrogens is 421 g/mol.